The predicted octanol–water partition coefficient (Wildman–Crippen LogP) is 2.84. The lowest BCUT2D eigenvalue weighted by atomic mass is 9.91. The maximum atomic E-state index is 12.8. The van der Waals surface area contributed by atoms with Crippen molar-refractivity contribution in [2.75, 3.05) is 32.1 Å². The van der Waals surface area contributed by atoms with Gasteiger partial charge in [-0.2, -0.15) is 0 Å². The number of halogens is 1. The van der Waals surface area contributed by atoms with Crippen LogP contribution in [0.3, 0.4) is 0 Å². The molecule has 0 aromatic heterocycles. The van der Waals surface area contributed by atoms with Crippen LogP contribution in [0.4, 0.5) is 0 Å². The van der Waals surface area contributed by atoms with Crippen molar-refractivity contribution in [3.8, 4) is 0 Å². The molecule has 1 heterocycles. The first-order valence-electron chi connectivity index (χ1n) is 7.20. The van der Waals surface area contributed by atoms with Crippen molar-refractivity contribution in [2.45, 2.75) is 24.3 Å². The standard InChI is InChI=1S/C16H20ClNO3S/c1-16(2,18-7-9-21-10-8-18)15(20)12-3-5-13(6-4-12)22-11-14(17)19/h3-6H,7-11H2,1-2H3. The summed E-state index contributed by atoms with van der Waals surface area (Å²) in [5.74, 6) is 0.327. The molecular weight excluding hydrogens is 322 g/mol. The van der Waals surface area contributed by atoms with Crippen molar-refractivity contribution in [2.24, 2.45) is 0 Å². The molecule has 6 heteroatoms. The molecule has 1 aliphatic heterocycles. The smallest absolute Gasteiger partial charge is 0.231 e. The van der Waals surface area contributed by atoms with Gasteiger partial charge < -0.3 is 4.74 Å². The first-order valence-corrected chi connectivity index (χ1v) is 8.56. The Morgan fingerprint density at radius 3 is 2.36 bits per heavy atom. The van der Waals surface area contributed by atoms with Gasteiger partial charge in [-0.1, -0.05) is 12.1 Å². The Morgan fingerprint density at radius 1 is 1.23 bits per heavy atom. The Labute approximate surface area is 140 Å². The van der Waals surface area contributed by atoms with Crippen LogP contribution in [0, 0.1) is 0 Å². The Bertz CT molecular complexity index is 539. The van der Waals surface area contributed by atoms with E-state index in [1.807, 2.05) is 38.1 Å². The van der Waals surface area contributed by atoms with E-state index in [0.29, 0.717) is 18.8 Å². The SMILES string of the molecule is CC(C)(C(=O)c1ccc(SCC(=O)Cl)cc1)N1CCOCC1. The second-order valence-electron chi connectivity index (χ2n) is 5.66. The third-order valence-electron chi connectivity index (χ3n) is 3.83. The van der Waals surface area contributed by atoms with Crippen LogP contribution in [0.2, 0.25) is 0 Å². The zero-order valence-corrected chi connectivity index (χ0v) is 14.4. The molecule has 2 rings (SSSR count). The fourth-order valence-corrected chi connectivity index (χ4v) is 3.23. The van der Waals surface area contributed by atoms with Crippen LogP contribution >= 0.6 is 23.4 Å². The lowest BCUT2D eigenvalue weighted by Gasteiger charge is -2.39. The van der Waals surface area contributed by atoms with E-state index in [-0.39, 0.29) is 16.8 Å². The average molecular weight is 342 g/mol. The van der Waals surface area contributed by atoms with E-state index in [9.17, 15) is 9.59 Å². The highest BCUT2D eigenvalue weighted by Crippen LogP contribution is 2.24. The Balaban J connectivity index is 2.06. The minimum atomic E-state index is -0.551. The molecule has 0 atom stereocenters. The van der Waals surface area contributed by atoms with E-state index in [0.717, 1.165) is 18.0 Å². The first kappa shape index (κ1) is 17.5. The van der Waals surface area contributed by atoms with Crippen LogP contribution in [0.25, 0.3) is 0 Å². The van der Waals surface area contributed by atoms with Gasteiger partial charge in [-0.15, -0.1) is 11.8 Å². The van der Waals surface area contributed by atoms with Gasteiger partial charge >= 0.3 is 0 Å². The van der Waals surface area contributed by atoms with E-state index >= 15 is 0 Å². The van der Waals surface area contributed by atoms with E-state index in [2.05, 4.69) is 4.90 Å². The van der Waals surface area contributed by atoms with Gasteiger partial charge in [0.2, 0.25) is 5.24 Å². The topological polar surface area (TPSA) is 46.6 Å². The van der Waals surface area contributed by atoms with Crippen LogP contribution in [0.5, 0.6) is 0 Å². The number of hydrogen-bond acceptors (Lipinski definition) is 5. The average Bonchev–Trinajstić information content (AvgIpc) is 2.53. The summed E-state index contributed by atoms with van der Waals surface area (Å²) in [7, 11) is 0. The molecule has 0 unspecified atom stereocenters. The number of carbonyl (C=O) groups is 2. The van der Waals surface area contributed by atoms with E-state index < -0.39 is 5.54 Å². The van der Waals surface area contributed by atoms with Crippen LogP contribution in [0.1, 0.15) is 24.2 Å². The number of ketones is 1. The molecule has 0 spiro atoms. The molecule has 0 saturated carbocycles. The molecule has 22 heavy (non-hydrogen) atoms. The van der Waals surface area contributed by atoms with Crippen molar-refractivity contribution in [3.63, 3.8) is 0 Å². The number of morpholine rings is 1. The second-order valence-corrected chi connectivity index (χ2v) is 7.13. The summed E-state index contributed by atoms with van der Waals surface area (Å²) in [6.45, 7) is 6.78. The summed E-state index contributed by atoms with van der Waals surface area (Å²) in [5.41, 5.74) is 0.128. The van der Waals surface area contributed by atoms with Gasteiger partial charge in [0, 0.05) is 23.5 Å². The van der Waals surface area contributed by atoms with Gasteiger partial charge in [0.1, 0.15) is 0 Å². The predicted molar refractivity (Wildman–Crippen MR) is 88.8 cm³/mol. The van der Waals surface area contributed by atoms with Crippen molar-refractivity contribution in [1.82, 2.24) is 4.90 Å². The molecule has 1 aromatic carbocycles. The monoisotopic (exact) mass is 341 g/mol. The fourth-order valence-electron chi connectivity index (χ4n) is 2.46. The van der Waals surface area contributed by atoms with Crippen molar-refractivity contribution in [1.29, 1.82) is 0 Å². The summed E-state index contributed by atoms with van der Waals surface area (Å²) in [4.78, 5) is 26.6. The number of rotatable bonds is 6. The molecule has 0 radical (unpaired) electrons. The summed E-state index contributed by atoms with van der Waals surface area (Å²) < 4.78 is 5.35. The molecule has 0 bridgehead atoms. The van der Waals surface area contributed by atoms with Gasteiger partial charge in [0.05, 0.1) is 24.5 Å². The molecule has 0 aliphatic carbocycles. The molecule has 1 fully saturated rings. The highest BCUT2D eigenvalue weighted by Gasteiger charge is 2.35. The van der Waals surface area contributed by atoms with Crippen LogP contribution < -0.4 is 0 Å². The third kappa shape index (κ3) is 4.32. The van der Waals surface area contributed by atoms with Crippen LogP contribution in [-0.4, -0.2) is 53.5 Å². The first-order chi connectivity index (χ1) is 10.4. The van der Waals surface area contributed by atoms with Crippen LogP contribution in [0.15, 0.2) is 29.2 Å². The minimum absolute atomic E-state index is 0.0966. The van der Waals surface area contributed by atoms with Gasteiger partial charge in [-0.25, -0.2) is 0 Å². The number of ether oxygens (including phenoxy) is 1. The second kappa shape index (κ2) is 7.59. The van der Waals surface area contributed by atoms with Crippen molar-refractivity contribution in [3.05, 3.63) is 29.8 Å². The number of thioether (sulfide) groups is 1. The van der Waals surface area contributed by atoms with E-state index in [1.165, 1.54) is 11.8 Å². The number of Topliss-reactive ketones (excluding diaryl/α,β-unsaturated/α-hetero) is 1. The van der Waals surface area contributed by atoms with Gasteiger partial charge in [-0.05, 0) is 37.6 Å². The molecule has 4 nitrogen and oxygen atoms in total. The van der Waals surface area contributed by atoms with E-state index in [4.69, 9.17) is 16.3 Å². The fraction of sp³-hybridized carbons (Fsp3) is 0.500. The Kier molecular flexibility index (Phi) is 6.03. The molecule has 120 valence electrons. The Morgan fingerprint density at radius 2 is 1.82 bits per heavy atom. The quantitative estimate of drug-likeness (QED) is 0.452. The van der Waals surface area contributed by atoms with Crippen molar-refractivity contribution >= 4 is 34.4 Å². The molecule has 1 aliphatic rings. The highest BCUT2D eigenvalue weighted by atomic mass is 35.5. The highest BCUT2D eigenvalue weighted by molar-refractivity contribution is 8.00. The number of carbonyl (C=O) groups excluding carboxylic acids is 2. The lowest BCUT2D eigenvalue weighted by molar-refractivity contribution is -0.109. The molecule has 0 amide bonds. The molecular formula is C16H20ClNO3S. The number of nitrogens with zero attached hydrogens (tertiary/aromatic N) is 1. The minimum Gasteiger partial charge on any atom is -0.379 e. The third-order valence-corrected chi connectivity index (χ3v) is 5.13. The molecule has 0 N–H and O–H groups in total. The summed E-state index contributed by atoms with van der Waals surface area (Å²) in [6, 6.07) is 7.33. The normalized spacial score (nSPS) is 16.5. The maximum absolute atomic E-state index is 12.8. The zero-order valence-electron chi connectivity index (χ0n) is 12.8. The summed E-state index contributed by atoms with van der Waals surface area (Å²) >= 11 is 6.69. The lowest BCUT2D eigenvalue weighted by Crippen LogP contribution is -2.54. The van der Waals surface area contributed by atoms with Gasteiger partial charge in [-0.3, -0.25) is 14.5 Å². The maximum Gasteiger partial charge on any atom is 0.231 e. The molecule has 1 saturated heterocycles. The zero-order chi connectivity index (χ0) is 16.2. The largest absolute Gasteiger partial charge is 0.379 e. The van der Waals surface area contributed by atoms with Crippen LogP contribution in [-0.2, 0) is 9.53 Å². The Hall–Kier alpha value is -0.880. The number of benzene rings is 1. The van der Waals surface area contributed by atoms with Gasteiger partial charge in [0.15, 0.2) is 5.78 Å². The van der Waals surface area contributed by atoms with E-state index in [1.54, 1.807) is 0 Å². The van der Waals surface area contributed by atoms with Gasteiger partial charge in [0.25, 0.3) is 0 Å². The molecule has 1 aromatic rings. The van der Waals surface area contributed by atoms with Crippen molar-refractivity contribution < 1.29 is 14.3 Å². The summed E-state index contributed by atoms with van der Waals surface area (Å²) in [6.07, 6.45) is 0. The number of hydrogen-bond donors (Lipinski definition) is 0. The summed E-state index contributed by atoms with van der Waals surface area (Å²) in [5, 5.41) is -0.376.